The highest BCUT2D eigenvalue weighted by Gasteiger charge is 2.24. The molecule has 0 aromatic heterocycles. The monoisotopic (exact) mass is 532 g/mol. The molecule has 0 spiro atoms. The van der Waals surface area contributed by atoms with E-state index in [1.165, 1.54) is 5.56 Å². The van der Waals surface area contributed by atoms with E-state index in [0.29, 0.717) is 51.4 Å². The SMILES string of the molecule is CCNC(=NCC(C)COCc1ccccc1)NC1CCN(C(=O)OCC)CC1.I. The van der Waals surface area contributed by atoms with Crippen LogP contribution in [0.3, 0.4) is 0 Å². The maximum Gasteiger partial charge on any atom is 0.409 e. The van der Waals surface area contributed by atoms with E-state index in [1.807, 2.05) is 25.1 Å². The lowest BCUT2D eigenvalue weighted by molar-refractivity contribution is 0.0944. The second kappa shape index (κ2) is 15.3. The van der Waals surface area contributed by atoms with Crippen molar-refractivity contribution in [2.24, 2.45) is 10.9 Å². The number of carbonyl (C=O) groups excluding carboxylic acids is 1. The van der Waals surface area contributed by atoms with Crippen molar-refractivity contribution < 1.29 is 14.3 Å². The smallest absolute Gasteiger partial charge is 0.409 e. The first kappa shape index (κ1) is 26.5. The zero-order valence-electron chi connectivity index (χ0n) is 18.4. The van der Waals surface area contributed by atoms with Crippen LogP contribution in [0.2, 0.25) is 0 Å². The zero-order chi connectivity index (χ0) is 20.9. The van der Waals surface area contributed by atoms with Crippen LogP contribution in [-0.2, 0) is 16.1 Å². The largest absolute Gasteiger partial charge is 0.450 e. The second-order valence-corrected chi connectivity index (χ2v) is 7.43. The molecule has 1 aromatic rings. The Hall–Kier alpha value is -1.55. The van der Waals surface area contributed by atoms with E-state index >= 15 is 0 Å². The van der Waals surface area contributed by atoms with Crippen molar-refractivity contribution in [3.8, 4) is 0 Å². The molecule has 1 fully saturated rings. The van der Waals surface area contributed by atoms with Gasteiger partial charge < -0.3 is 25.0 Å². The summed E-state index contributed by atoms with van der Waals surface area (Å²) in [5, 5.41) is 6.82. The first-order valence-corrected chi connectivity index (χ1v) is 10.7. The highest BCUT2D eigenvalue weighted by molar-refractivity contribution is 14.0. The molecule has 1 aliphatic rings. The summed E-state index contributed by atoms with van der Waals surface area (Å²) in [4.78, 5) is 18.3. The molecule has 0 radical (unpaired) electrons. The summed E-state index contributed by atoms with van der Waals surface area (Å²) < 4.78 is 10.9. The molecule has 0 bridgehead atoms. The number of nitrogens with zero attached hydrogens (tertiary/aromatic N) is 2. The number of amides is 1. The van der Waals surface area contributed by atoms with Crippen molar-refractivity contribution >= 4 is 36.0 Å². The van der Waals surface area contributed by atoms with Crippen LogP contribution in [0.25, 0.3) is 0 Å². The van der Waals surface area contributed by atoms with Crippen molar-refractivity contribution in [2.75, 3.05) is 39.4 Å². The summed E-state index contributed by atoms with van der Waals surface area (Å²) in [5.74, 6) is 1.16. The minimum atomic E-state index is -0.212. The molecule has 1 saturated heterocycles. The summed E-state index contributed by atoms with van der Waals surface area (Å²) in [6, 6.07) is 10.5. The topological polar surface area (TPSA) is 75.2 Å². The Bertz CT molecular complexity index is 622. The number of likely N-dealkylation sites (tertiary alicyclic amines) is 1. The van der Waals surface area contributed by atoms with Crippen LogP contribution in [0.1, 0.15) is 39.2 Å². The molecular weight excluding hydrogens is 495 g/mol. The summed E-state index contributed by atoms with van der Waals surface area (Å²) in [6.45, 7) is 10.7. The van der Waals surface area contributed by atoms with Crippen LogP contribution in [0.15, 0.2) is 35.3 Å². The Labute approximate surface area is 198 Å². The molecule has 170 valence electrons. The maximum absolute atomic E-state index is 11.8. The van der Waals surface area contributed by atoms with Crippen molar-refractivity contribution in [1.82, 2.24) is 15.5 Å². The Kier molecular flexibility index (Phi) is 13.5. The number of rotatable bonds is 9. The fourth-order valence-corrected chi connectivity index (χ4v) is 3.19. The molecule has 0 aliphatic carbocycles. The normalized spacial score (nSPS) is 15.8. The predicted molar refractivity (Wildman–Crippen MR) is 131 cm³/mol. The molecule has 1 amide bonds. The van der Waals surface area contributed by atoms with Gasteiger partial charge in [-0.15, -0.1) is 24.0 Å². The van der Waals surface area contributed by atoms with E-state index in [4.69, 9.17) is 14.5 Å². The third-order valence-corrected chi connectivity index (χ3v) is 4.78. The average molecular weight is 532 g/mol. The van der Waals surface area contributed by atoms with Gasteiger partial charge in [0.05, 0.1) is 19.8 Å². The fraction of sp³-hybridized carbons (Fsp3) is 0.636. The third kappa shape index (κ3) is 9.97. The molecule has 1 aromatic carbocycles. The van der Waals surface area contributed by atoms with Gasteiger partial charge in [0.25, 0.3) is 0 Å². The van der Waals surface area contributed by atoms with Gasteiger partial charge in [-0.3, -0.25) is 4.99 Å². The molecule has 30 heavy (non-hydrogen) atoms. The van der Waals surface area contributed by atoms with Gasteiger partial charge in [0.15, 0.2) is 5.96 Å². The van der Waals surface area contributed by atoms with Gasteiger partial charge in [-0.2, -0.15) is 0 Å². The van der Waals surface area contributed by atoms with Crippen LogP contribution in [0.4, 0.5) is 4.79 Å². The van der Waals surface area contributed by atoms with Gasteiger partial charge >= 0.3 is 6.09 Å². The molecule has 0 saturated carbocycles. The summed E-state index contributed by atoms with van der Waals surface area (Å²) in [6.07, 6.45) is 1.56. The van der Waals surface area contributed by atoms with Gasteiger partial charge in [-0.05, 0) is 38.2 Å². The molecule has 7 nitrogen and oxygen atoms in total. The lowest BCUT2D eigenvalue weighted by atomic mass is 10.1. The van der Waals surface area contributed by atoms with Crippen molar-refractivity contribution in [3.63, 3.8) is 0 Å². The van der Waals surface area contributed by atoms with Crippen LogP contribution < -0.4 is 10.6 Å². The fourth-order valence-electron chi connectivity index (χ4n) is 3.19. The summed E-state index contributed by atoms with van der Waals surface area (Å²) >= 11 is 0. The van der Waals surface area contributed by atoms with E-state index in [2.05, 4.69) is 36.6 Å². The minimum absolute atomic E-state index is 0. The quantitative estimate of drug-likeness (QED) is 0.289. The van der Waals surface area contributed by atoms with E-state index < -0.39 is 0 Å². The number of hydrogen-bond donors (Lipinski definition) is 2. The number of benzene rings is 1. The number of guanidine groups is 1. The lowest BCUT2D eigenvalue weighted by Gasteiger charge is -2.32. The minimum Gasteiger partial charge on any atom is -0.450 e. The van der Waals surface area contributed by atoms with E-state index in [0.717, 1.165) is 25.3 Å². The molecule has 2 N–H and O–H groups in total. The Morgan fingerprint density at radius 2 is 1.93 bits per heavy atom. The van der Waals surface area contributed by atoms with Crippen molar-refractivity contribution in [1.29, 1.82) is 0 Å². The Morgan fingerprint density at radius 1 is 1.23 bits per heavy atom. The Morgan fingerprint density at radius 3 is 2.57 bits per heavy atom. The van der Waals surface area contributed by atoms with Crippen LogP contribution >= 0.6 is 24.0 Å². The van der Waals surface area contributed by atoms with Gasteiger partial charge in [0.2, 0.25) is 0 Å². The number of nitrogens with one attached hydrogen (secondary N) is 2. The molecule has 1 aliphatic heterocycles. The molecule has 8 heteroatoms. The number of piperidine rings is 1. The van der Waals surface area contributed by atoms with E-state index in [1.54, 1.807) is 4.90 Å². The van der Waals surface area contributed by atoms with Crippen LogP contribution in [0.5, 0.6) is 0 Å². The first-order valence-electron chi connectivity index (χ1n) is 10.7. The van der Waals surface area contributed by atoms with Crippen LogP contribution in [-0.4, -0.2) is 62.4 Å². The highest BCUT2D eigenvalue weighted by atomic mass is 127. The van der Waals surface area contributed by atoms with Gasteiger partial charge in [0.1, 0.15) is 0 Å². The zero-order valence-corrected chi connectivity index (χ0v) is 20.8. The highest BCUT2D eigenvalue weighted by Crippen LogP contribution is 2.11. The molecule has 1 heterocycles. The molecular formula is C22H37IN4O3. The third-order valence-electron chi connectivity index (χ3n) is 4.78. The lowest BCUT2D eigenvalue weighted by Crippen LogP contribution is -2.50. The second-order valence-electron chi connectivity index (χ2n) is 7.43. The van der Waals surface area contributed by atoms with E-state index in [9.17, 15) is 4.79 Å². The molecule has 1 unspecified atom stereocenters. The Balaban J connectivity index is 0.00000450. The number of halogens is 1. The summed E-state index contributed by atoms with van der Waals surface area (Å²) in [7, 11) is 0. The maximum atomic E-state index is 11.8. The van der Waals surface area contributed by atoms with E-state index in [-0.39, 0.29) is 30.1 Å². The predicted octanol–water partition coefficient (Wildman–Crippen LogP) is 3.63. The van der Waals surface area contributed by atoms with Gasteiger partial charge in [-0.1, -0.05) is 37.3 Å². The standard InChI is InChI=1S/C22H36N4O3.HI/c1-4-23-21(25-20-11-13-26(14-12-20)22(27)29-5-2)24-15-18(3)16-28-17-19-9-7-6-8-10-19;/h6-10,18,20H,4-5,11-17H2,1-3H3,(H2,23,24,25);1H. The summed E-state index contributed by atoms with van der Waals surface area (Å²) in [5.41, 5.74) is 1.19. The number of ether oxygens (including phenoxy) is 2. The van der Waals surface area contributed by atoms with Crippen LogP contribution in [0, 0.1) is 5.92 Å². The first-order chi connectivity index (χ1) is 14.1. The number of carbonyl (C=O) groups is 1. The molecule has 2 rings (SSSR count). The van der Waals surface area contributed by atoms with Gasteiger partial charge in [0, 0.05) is 32.2 Å². The average Bonchev–Trinajstić information content (AvgIpc) is 2.73. The number of hydrogen-bond acceptors (Lipinski definition) is 4. The van der Waals surface area contributed by atoms with Crippen molar-refractivity contribution in [2.45, 2.75) is 46.3 Å². The number of aliphatic imine (C=N–C) groups is 1. The van der Waals surface area contributed by atoms with Crippen molar-refractivity contribution in [3.05, 3.63) is 35.9 Å². The molecule has 1 atom stereocenters. The van der Waals surface area contributed by atoms with Gasteiger partial charge in [-0.25, -0.2) is 4.79 Å².